The summed E-state index contributed by atoms with van der Waals surface area (Å²) in [6.07, 6.45) is 2.46. The van der Waals surface area contributed by atoms with Crippen molar-refractivity contribution < 1.29 is 24.2 Å². The highest BCUT2D eigenvalue weighted by atomic mass is 16.5. The summed E-state index contributed by atoms with van der Waals surface area (Å²) in [4.78, 5) is 43.9. The minimum absolute atomic E-state index is 0.0423. The Morgan fingerprint density at radius 1 is 1.18 bits per heavy atom. The maximum absolute atomic E-state index is 13.8. The number of esters is 1. The zero-order valence-corrected chi connectivity index (χ0v) is 18.8. The van der Waals surface area contributed by atoms with Crippen LogP contribution < -0.4 is 10.3 Å². The molecule has 3 aliphatic rings. The summed E-state index contributed by atoms with van der Waals surface area (Å²) in [5.74, 6) is 0.139. The highest BCUT2D eigenvalue weighted by molar-refractivity contribution is 6.11. The third-order valence-electron chi connectivity index (χ3n) is 7.36. The number of carbonyl (C=O) groups excluding carboxylic acids is 2. The van der Waals surface area contributed by atoms with Crippen molar-refractivity contribution in [2.75, 3.05) is 7.11 Å². The van der Waals surface area contributed by atoms with Gasteiger partial charge in [0.2, 0.25) is 0 Å². The predicted octanol–water partition coefficient (Wildman–Crippen LogP) is 3.29. The molecule has 1 fully saturated rings. The highest BCUT2D eigenvalue weighted by Crippen LogP contribution is 2.41. The van der Waals surface area contributed by atoms with E-state index < -0.39 is 12.1 Å². The molecule has 0 amide bonds. The first-order valence-electron chi connectivity index (χ1n) is 11.6. The van der Waals surface area contributed by atoms with E-state index in [-0.39, 0.29) is 42.4 Å². The molecule has 1 aromatic carbocycles. The Morgan fingerprint density at radius 2 is 1.97 bits per heavy atom. The van der Waals surface area contributed by atoms with Crippen molar-refractivity contribution in [1.29, 1.82) is 0 Å². The molecule has 3 aromatic rings. The van der Waals surface area contributed by atoms with Crippen molar-refractivity contribution in [3.8, 4) is 17.1 Å². The van der Waals surface area contributed by atoms with Gasteiger partial charge in [0.15, 0.2) is 5.78 Å². The molecule has 0 spiro atoms. The number of nitrogens with zero attached hydrogens (tertiary/aromatic N) is 2. The maximum atomic E-state index is 13.8. The van der Waals surface area contributed by atoms with Gasteiger partial charge in [0, 0.05) is 22.4 Å². The normalized spacial score (nSPS) is 19.4. The third kappa shape index (κ3) is 3.09. The molecule has 0 radical (unpaired) electrons. The second kappa shape index (κ2) is 7.77. The van der Waals surface area contributed by atoms with Gasteiger partial charge in [-0.1, -0.05) is 12.8 Å². The number of hydrogen-bond donors (Lipinski definition) is 1. The molecular formula is C26H24N2O6. The number of fused-ring (bicyclic) bond motifs is 5. The fourth-order valence-electron chi connectivity index (χ4n) is 5.59. The molecule has 1 atom stereocenters. The van der Waals surface area contributed by atoms with Crippen LogP contribution in [-0.2, 0) is 22.7 Å². The molecule has 1 aliphatic carbocycles. The Hall–Kier alpha value is -3.52. The lowest BCUT2D eigenvalue weighted by Gasteiger charge is -2.15. The molecule has 174 valence electrons. The SMILES string of the molecule is COc1ccc2nc3c(c(C(=O)C4CCCC4)c2c1)Cn1c-3cc2c(c1=O)COC(=O)C[C@H]2O. The quantitative estimate of drug-likeness (QED) is 0.369. The van der Waals surface area contributed by atoms with E-state index in [0.717, 1.165) is 36.6 Å². The van der Waals surface area contributed by atoms with Crippen molar-refractivity contribution in [2.24, 2.45) is 5.92 Å². The summed E-state index contributed by atoms with van der Waals surface area (Å²) >= 11 is 0. The monoisotopic (exact) mass is 460 g/mol. The van der Waals surface area contributed by atoms with Crippen molar-refractivity contribution in [3.05, 3.63) is 56.9 Å². The highest BCUT2D eigenvalue weighted by Gasteiger charge is 2.35. The van der Waals surface area contributed by atoms with E-state index >= 15 is 0 Å². The van der Waals surface area contributed by atoms with E-state index in [2.05, 4.69) is 0 Å². The molecule has 34 heavy (non-hydrogen) atoms. The first-order chi connectivity index (χ1) is 16.5. The van der Waals surface area contributed by atoms with Crippen molar-refractivity contribution in [1.82, 2.24) is 9.55 Å². The van der Waals surface area contributed by atoms with Crippen molar-refractivity contribution in [3.63, 3.8) is 0 Å². The van der Waals surface area contributed by atoms with Gasteiger partial charge in [0.1, 0.15) is 12.4 Å². The lowest BCUT2D eigenvalue weighted by molar-refractivity contribution is -0.146. The van der Waals surface area contributed by atoms with Gasteiger partial charge in [-0.05, 0) is 42.7 Å². The van der Waals surface area contributed by atoms with Crippen LogP contribution in [0.2, 0.25) is 0 Å². The Balaban J connectivity index is 1.61. The van der Waals surface area contributed by atoms with E-state index in [0.29, 0.717) is 33.8 Å². The van der Waals surface area contributed by atoms with Crippen LogP contribution >= 0.6 is 0 Å². The first kappa shape index (κ1) is 21.0. The van der Waals surface area contributed by atoms with E-state index in [1.54, 1.807) is 23.8 Å². The topological polar surface area (TPSA) is 108 Å². The number of Topliss-reactive ketones (excluding diaryl/α,β-unsaturated/α-hetero) is 1. The fraction of sp³-hybridized carbons (Fsp3) is 0.385. The number of carbonyl (C=O) groups is 2. The molecule has 8 heteroatoms. The molecular weight excluding hydrogens is 436 g/mol. The number of hydrogen-bond acceptors (Lipinski definition) is 7. The van der Waals surface area contributed by atoms with Crippen LogP contribution in [0, 0.1) is 5.92 Å². The average Bonchev–Trinajstić information content (AvgIpc) is 3.46. The summed E-state index contributed by atoms with van der Waals surface area (Å²) in [6, 6.07) is 7.19. The standard InChI is InChI=1S/C26H24N2O6/c1-33-14-6-7-19-16(8-14)23(25(31)13-4-2-3-5-13)17-11-28-20(24(17)27-19)9-15-18(26(28)32)12-34-22(30)10-21(15)29/h6-9,13,21,29H,2-5,10-12H2,1H3/t21-/m1/s1. The number of ketones is 1. The number of methoxy groups -OCH3 is 1. The second-order valence-corrected chi connectivity index (χ2v) is 9.28. The van der Waals surface area contributed by atoms with Crippen molar-refractivity contribution in [2.45, 2.75) is 51.4 Å². The first-order valence-corrected chi connectivity index (χ1v) is 11.6. The second-order valence-electron chi connectivity index (χ2n) is 9.28. The van der Waals surface area contributed by atoms with E-state index in [1.807, 2.05) is 12.1 Å². The molecule has 2 aromatic heterocycles. The molecule has 0 bridgehead atoms. The van der Waals surface area contributed by atoms with Crippen LogP contribution in [0.15, 0.2) is 29.1 Å². The fourth-order valence-corrected chi connectivity index (χ4v) is 5.59. The number of rotatable bonds is 3. The zero-order chi connectivity index (χ0) is 23.6. The molecule has 0 saturated heterocycles. The summed E-state index contributed by atoms with van der Waals surface area (Å²) in [6.45, 7) is 0.0237. The molecule has 6 rings (SSSR count). The van der Waals surface area contributed by atoms with Gasteiger partial charge < -0.3 is 19.1 Å². The lowest BCUT2D eigenvalue weighted by Crippen LogP contribution is -2.25. The third-order valence-corrected chi connectivity index (χ3v) is 7.36. The van der Waals surface area contributed by atoms with Crippen LogP contribution in [0.1, 0.15) is 65.3 Å². The minimum atomic E-state index is -1.13. The molecule has 0 unspecified atom stereocenters. The largest absolute Gasteiger partial charge is 0.497 e. The molecule has 1 N–H and O–H groups in total. The Bertz CT molecular complexity index is 1430. The van der Waals surface area contributed by atoms with Gasteiger partial charge in [-0.15, -0.1) is 0 Å². The summed E-state index contributed by atoms with van der Waals surface area (Å²) in [7, 11) is 1.58. The lowest BCUT2D eigenvalue weighted by atomic mass is 9.89. The van der Waals surface area contributed by atoms with Gasteiger partial charge >= 0.3 is 5.97 Å². The van der Waals surface area contributed by atoms with Crippen LogP contribution in [0.5, 0.6) is 5.75 Å². The number of pyridine rings is 2. The van der Waals surface area contributed by atoms with Gasteiger partial charge in [-0.25, -0.2) is 4.98 Å². The summed E-state index contributed by atoms with van der Waals surface area (Å²) < 4.78 is 12.1. The van der Waals surface area contributed by atoms with Gasteiger partial charge in [-0.2, -0.15) is 0 Å². The molecule has 4 heterocycles. The number of aromatic nitrogens is 2. The van der Waals surface area contributed by atoms with Crippen LogP contribution in [0.25, 0.3) is 22.3 Å². The van der Waals surface area contributed by atoms with Crippen molar-refractivity contribution >= 4 is 22.7 Å². The van der Waals surface area contributed by atoms with E-state index in [9.17, 15) is 19.5 Å². The van der Waals surface area contributed by atoms with Gasteiger partial charge in [-0.3, -0.25) is 14.4 Å². The van der Waals surface area contributed by atoms with E-state index in [4.69, 9.17) is 14.5 Å². The summed E-state index contributed by atoms with van der Waals surface area (Å²) in [5.41, 5.74) is 3.42. The van der Waals surface area contributed by atoms with Gasteiger partial charge in [0.25, 0.3) is 5.56 Å². The Labute approximate surface area is 195 Å². The molecule has 1 saturated carbocycles. The number of aliphatic hydroxyl groups excluding tert-OH is 1. The maximum Gasteiger partial charge on any atom is 0.309 e. The van der Waals surface area contributed by atoms with Crippen LogP contribution in [0.3, 0.4) is 0 Å². The zero-order valence-electron chi connectivity index (χ0n) is 18.8. The minimum Gasteiger partial charge on any atom is -0.497 e. The number of aliphatic hydroxyl groups is 1. The predicted molar refractivity (Wildman–Crippen MR) is 123 cm³/mol. The number of benzene rings is 1. The van der Waals surface area contributed by atoms with Crippen LogP contribution in [-0.4, -0.2) is 33.5 Å². The van der Waals surface area contributed by atoms with Gasteiger partial charge in [0.05, 0.1) is 48.6 Å². The van der Waals surface area contributed by atoms with E-state index in [1.165, 1.54) is 0 Å². The molecule has 2 aliphatic heterocycles. The Morgan fingerprint density at radius 3 is 2.74 bits per heavy atom. The number of cyclic esters (lactones) is 1. The molecule has 8 nitrogen and oxygen atoms in total. The average molecular weight is 460 g/mol. The van der Waals surface area contributed by atoms with Crippen LogP contribution in [0.4, 0.5) is 0 Å². The Kier molecular flexibility index (Phi) is 4.81. The number of ether oxygens (including phenoxy) is 2. The smallest absolute Gasteiger partial charge is 0.309 e. The summed E-state index contributed by atoms with van der Waals surface area (Å²) in [5, 5.41) is 11.3.